The molecule has 2 rings (SSSR count). The van der Waals surface area contributed by atoms with Gasteiger partial charge in [0.05, 0.1) is 0 Å². The van der Waals surface area contributed by atoms with E-state index in [-0.39, 0.29) is 0 Å². The maximum Gasteiger partial charge on any atom is 0.0372 e. The number of hydrogen-bond acceptors (Lipinski definition) is 3. The Labute approximate surface area is 123 Å². The largest absolute Gasteiger partial charge is 0.310 e. The molecule has 1 atom stereocenters. The van der Waals surface area contributed by atoms with Crippen LogP contribution in [-0.4, -0.2) is 35.6 Å². The number of nitrogens with zero attached hydrogens (tertiary/aromatic N) is 2. The molecule has 0 bridgehead atoms. The summed E-state index contributed by atoms with van der Waals surface area (Å²) in [5, 5.41) is 3.68. The molecule has 0 amide bonds. The van der Waals surface area contributed by atoms with Crippen LogP contribution in [0, 0.1) is 12.8 Å². The van der Waals surface area contributed by atoms with Crippen molar-refractivity contribution in [3.63, 3.8) is 0 Å². The fourth-order valence-corrected chi connectivity index (χ4v) is 3.04. The average Bonchev–Trinajstić information content (AvgIpc) is 2.47. The van der Waals surface area contributed by atoms with Crippen LogP contribution in [0.1, 0.15) is 44.4 Å². The van der Waals surface area contributed by atoms with Gasteiger partial charge in [0.1, 0.15) is 0 Å². The molecule has 1 aromatic rings. The summed E-state index contributed by atoms with van der Waals surface area (Å²) < 4.78 is 0. The number of nitrogens with one attached hydrogen (secondary N) is 1. The maximum absolute atomic E-state index is 4.35. The molecule has 1 aromatic heterocycles. The van der Waals surface area contributed by atoms with Crippen LogP contribution in [0.25, 0.3) is 0 Å². The van der Waals surface area contributed by atoms with Gasteiger partial charge in [0, 0.05) is 24.5 Å². The van der Waals surface area contributed by atoms with Gasteiger partial charge in [0.15, 0.2) is 0 Å². The fourth-order valence-electron chi connectivity index (χ4n) is 3.04. The molecule has 0 aliphatic carbocycles. The van der Waals surface area contributed by atoms with Gasteiger partial charge in [-0.05, 0) is 70.3 Å². The molecule has 20 heavy (non-hydrogen) atoms. The third kappa shape index (κ3) is 4.57. The highest BCUT2D eigenvalue weighted by atomic mass is 15.1. The molecule has 2 heterocycles. The summed E-state index contributed by atoms with van der Waals surface area (Å²) in [4.78, 5) is 6.96. The summed E-state index contributed by atoms with van der Waals surface area (Å²) in [7, 11) is 0. The SMILES string of the molecule is CCCN1CCC(C(C)NCc2ccc(C)nc2)CC1. The van der Waals surface area contributed by atoms with Gasteiger partial charge in [-0.25, -0.2) is 0 Å². The quantitative estimate of drug-likeness (QED) is 0.865. The zero-order valence-corrected chi connectivity index (χ0v) is 13.2. The number of likely N-dealkylation sites (tertiary alicyclic amines) is 1. The Bertz CT molecular complexity index is 380. The molecule has 0 saturated carbocycles. The molecular formula is C17H29N3. The third-order valence-corrected chi connectivity index (χ3v) is 4.48. The van der Waals surface area contributed by atoms with Crippen LogP contribution < -0.4 is 5.32 Å². The zero-order chi connectivity index (χ0) is 14.4. The minimum Gasteiger partial charge on any atom is -0.310 e. The van der Waals surface area contributed by atoms with Crippen molar-refractivity contribution < 1.29 is 0 Å². The first-order valence-corrected chi connectivity index (χ1v) is 8.06. The van der Waals surface area contributed by atoms with E-state index in [2.05, 4.69) is 41.2 Å². The highest BCUT2D eigenvalue weighted by Crippen LogP contribution is 2.21. The predicted octanol–water partition coefficient (Wildman–Crippen LogP) is 2.99. The standard InChI is InChI=1S/C17H29N3/c1-4-9-20-10-7-17(8-11-20)15(3)19-13-16-6-5-14(2)18-12-16/h5-6,12,15,17,19H,4,7-11,13H2,1-3H3. The second-order valence-corrected chi connectivity index (χ2v) is 6.16. The first kappa shape index (κ1) is 15.5. The third-order valence-electron chi connectivity index (χ3n) is 4.48. The van der Waals surface area contributed by atoms with Crippen LogP contribution in [0.3, 0.4) is 0 Å². The van der Waals surface area contributed by atoms with Crippen molar-refractivity contribution in [2.24, 2.45) is 5.92 Å². The van der Waals surface area contributed by atoms with Crippen LogP contribution in [0.5, 0.6) is 0 Å². The molecule has 3 heteroatoms. The van der Waals surface area contributed by atoms with Gasteiger partial charge in [-0.2, -0.15) is 0 Å². The van der Waals surface area contributed by atoms with Gasteiger partial charge in [-0.3, -0.25) is 4.98 Å². The van der Waals surface area contributed by atoms with Crippen LogP contribution in [0.2, 0.25) is 0 Å². The second-order valence-electron chi connectivity index (χ2n) is 6.16. The van der Waals surface area contributed by atoms with E-state index in [0.29, 0.717) is 6.04 Å². The summed E-state index contributed by atoms with van der Waals surface area (Å²) in [6, 6.07) is 4.86. The van der Waals surface area contributed by atoms with Crippen molar-refractivity contribution >= 4 is 0 Å². The lowest BCUT2D eigenvalue weighted by Gasteiger charge is -2.35. The van der Waals surface area contributed by atoms with Crippen molar-refractivity contribution in [1.82, 2.24) is 15.2 Å². The molecule has 0 aromatic carbocycles. The molecular weight excluding hydrogens is 246 g/mol. The van der Waals surface area contributed by atoms with Gasteiger partial charge in [-0.15, -0.1) is 0 Å². The topological polar surface area (TPSA) is 28.2 Å². The number of pyridine rings is 1. The lowest BCUT2D eigenvalue weighted by Crippen LogP contribution is -2.41. The number of aryl methyl sites for hydroxylation is 1. The minimum atomic E-state index is 0.597. The molecule has 1 fully saturated rings. The molecule has 1 N–H and O–H groups in total. The van der Waals surface area contributed by atoms with E-state index in [1.54, 1.807) is 0 Å². The van der Waals surface area contributed by atoms with Crippen LogP contribution in [-0.2, 0) is 6.54 Å². The van der Waals surface area contributed by atoms with E-state index >= 15 is 0 Å². The summed E-state index contributed by atoms with van der Waals surface area (Å²) in [5.41, 5.74) is 2.37. The van der Waals surface area contributed by atoms with Crippen LogP contribution >= 0.6 is 0 Å². The number of piperidine rings is 1. The minimum absolute atomic E-state index is 0.597. The molecule has 112 valence electrons. The molecule has 3 nitrogen and oxygen atoms in total. The number of rotatable bonds is 6. The Morgan fingerprint density at radius 2 is 2.10 bits per heavy atom. The monoisotopic (exact) mass is 275 g/mol. The van der Waals surface area contributed by atoms with E-state index in [0.717, 1.165) is 18.2 Å². The summed E-state index contributed by atoms with van der Waals surface area (Å²) in [6.45, 7) is 11.4. The summed E-state index contributed by atoms with van der Waals surface area (Å²) in [6.07, 6.45) is 5.93. The molecule has 1 unspecified atom stereocenters. The molecule has 1 aliphatic heterocycles. The Morgan fingerprint density at radius 3 is 2.70 bits per heavy atom. The van der Waals surface area contributed by atoms with E-state index in [4.69, 9.17) is 0 Å². The predicted molar refractivity (Wildman–Crippen MR) is 84.7 cm³/mol. The average molecular weight is 275 g/mol. The van der Waals surface area contributed by atoms with Crippen molar-refractivity contribution in [2.75, 3.05) is 19.6 Å². The van der Waals surface area contributed by atoms with E-state index < -0.39 is 0 Å². The zero-order valence-electron chi connectivity index (χ0n) is 13.2. The number of aromatic nitrogens is 1. The maximum atomic E-state index is 4.35. The van der Waals surface area contributed by atoms with Crippen molar-refractivity contribution in [3.8, 4) is 0 Å². The van der Waals surface area contributed by atoms with E-state index in [1.807, 2.05) is 13.1 Å². The van der Waals surface area contributed by atoms with Gasteiger partial charge >= 0.3 is 0 Å². The normalized spacial score (nSPS) is 19.1. The smallest absolute Gasteiger partial charge is 0.0372 e. The molecule has 1 aliphatic rings. The highest BCUT2D eigenvalue weighted by Gasteiger charge is 2.22. The van der Waals surface area contributed by atoms with Crippen molar-refractivity contribution in [3.05, 3.63) is 29.6 Å². The Kier molecular flexibility index (Phi) is 5.99. The molecule has 0 spiro atoms. The van der Waals surface area contributed by atoms with E-state index in [9.17, 15) is 0 Å². The summed E-state index contributed by atoms with van der Waals surface area (Å²) in [5.74, 6) is 0.821. The number of hydrogen-bond donors (Lipinski definition) is 1. The molecule has 1 saturated heterocycles. The Hall–Kier alpha value is -0.930. The Morgan fingerprint density at radius 1 is 1.35 bits per heavy atom. The highest BCUT2D eigenvalue weighted by molar-refractivity contribution is 5.12. The van der Waals surface area contributed by atoms with Gasteiger partial charge in [-0.1, -0.05) is 13.0 Å². The Balaban J connectivity index is 1.72. The summed E-state index contributed by atoms with van der Waals surface area (Å²) >= 11 is 0. The van der Waals surface area contributed by atoms with Crippen LogP contribution in [0.4, 0.5) is 0 Å². The van der Waals surface area contributed by atoms with Gasteiger partial charge in [0.2, 0.25) is 0 Å². The van der Waals surface area contributed by atoms with Gasteiger partial charge < -0.3 is 10.2 Å². The molecule has 0 radical (unpaired) electrons. The first-order chi connectivity index (χ1) is 9.69. The van der Waals surface area contributed by atoms with Crippen LogP contribution in [0.15, 0.2) is 18.3 Å². The second kappa shape index (κ2) is 7.75. The lowest BCUT2D eigenvalue weighted by atomic mass is 9.90. The van der Waals surface area contributed by atoms with Crippen molar-refractivity contribution in [2.45, 2.75) is 52.6 Å². The van der Waals surface area contributed by atoms with Crippen molar-refractivity contribution in [1.29, 1.82) is 0 Å². The fraction of sp³-hybridized carbons (Fsp3) is 0.706. The van der Waals surface area contributed by atoms with E-state index in [1.165, 1.54) is 44.5 Å². The lowest BCUT2D eigenvalue weighted by molar-refractivity contribution is 0.162. The van der Waals surface area contributed by atoms with Gasteiger partial charge in [0.25, 0.3) is 0 Å². The first-order valence-electron chi connectivity index (χ1n) is 8.06.